The molecule has 0 spiro atoms. The topological polar surface area (TPSA) is 94.8 Å². The SMILES string of the molecule is C[NH2+]CCC[NH2+]Cc1cc(Br)c(OCC(N)=O)c(OC)c1. The van der Waals surface area contributed by atoms with Crippen LogP contribution in [0, 0.1) is 0 Å². The molecule has 1 aromatic rings. The van der Waals surface area contributed by atoms with Gasteiger partial charge in [0.1, 0.15) is 6.54 Å². The zero-order valence-electron chi connectivity index (χ0n) is 12.5. The van der Waals surface area contributed by atoms with Crippen LogP contribution in [0.2, 0.25) is 0 Å². The Bertz CT molecular complexity index is 469. The number of nitrogens with two attached hydrogens (primary N) is 3. The molecule has 118 valence electrons. The molecule has 1 amide bonds. The number of halogens is 1. The molecule has 0 bridgehead atoms. The van der Waals surface area contributed by atoms with E-state index in [4.69, 9.17) is 15.2 Å². The Kier molecular flexibility index (Phi) is 8.11. The van der Waals surface area contributed by atoms with Gasteiger partial charge in [0.15, 0.2) is 18.1 Å². The Morgan fingerprint density at radius 3 is 2.76 bits per heavy atom. The fourth-order valence-corrected chi connectivity index (χ4v) is 2.51. The normalized spacial score (nSPS) is 10.4. The van der Waals surface area contributed by atoms with Gasteiger partial charge < -0.3 is 25.8 Å². The van der Waals surface area contributed by atoms with E-state index in [1.165, 1.54) is 6.42 Å². The van der Waals surface area contributed by atoms with Gasteiger partial charge in [0.2, 0.25) is 0 Å². The van der Waals surface area contributed by atoms with E-state index >= 15 is 0 Å². The molecule has 0 fully saturated rings. The van der Waals surface area contributed by atoms with E-state index in [-0.39, 0.29) is 6.61 Å². The number of quaternary nitrogens is 2. The van der Waals surface area contributed by atoms with Crippen molar-refractivity contribution >= 4 is 21.8 Å². The lowest BCUT2D eigenvalue weighted by Crippen LogP contribution is -2.85. The Morgan fingerprint density at radius 2 is 2.14 bits per heavy atom. The third-order valence-electron chi connectivity index (χ3n) is 2.93. The zero-order chi connectivity index (χ0) is 15.7. The number of methoxy groups -OCH3 is 1. The molecule has 0 saturated heterocycles. The van der Waals surface area contributed by atoms with Crippen LogP contribution in [-0.2, 0) is 11.3 Å². The van der Waals surface area contributed by atoms with Crippen molar-refractivity contribution in [3.8, 4) is 11.5 Å². The van der Waals surface area contributed by atoms with E-state index in [1.807, 2.05) is 12.1 Å². The van der Waals surface area contributed by atoms with Crippen molar-refractivity contribution in [2.75, 3.05) is 33.9 Å². The Morgan fingerprint density at radius 1 is 1.38 bits per heavy atom. The monoisotopic (exact) mass is 361 g/mol. The summed E-state index contributed by atoms with van der Waals surface area (Å²) in [6.07, 6.45) is 1.18. The lowest BCUT2D eigenvalue weighted by atomic mass is 10.2. The molecule has 21 heavy (non-hydrogen) atoms. The van der Waals surface area contributed by atoms with Crippen LogP contribution in [0.5, 0.6) is 11.5 Å². The number of ether oxygens (including phenoxy) is 2. The van der Waals surface area contributed by atoms with Crippen LogP contribution < -0.4 is 25.8 Å². The molecule has 7 heteroatoms. The third-order valence-corrected chi connectivity index (χ3v) is 3.52. The van der Waals surface area contributed by atoms with E-state index in [0.29, 0.717) is 11.5 Å². The molecule has 0 aliphatic rings. The van der Waals surface area contributed by atoms with Crippen LogP contribution >= 0.6 is 15.9 Å². The quantitative estimate of drug-likeness (QED) is 0.465. The molecule has 6 N–H and O–H groups in total. The highest BCUT2D eigenvalue weighted by atomic mass is 79.9. The fourth-order valence-electron chi connectivity index (χ4n) is 1.91. The van der Waals surface area contributed by atoms with E-state index in [1.54, 1.807) is 7.11 Å². The zero-order valence-corrected chi connectivity index (χ0v) is 14.1. The number of carbonyl (C=O) groups is 1. The summed E-state index contributed by atoms with van der Waals surface area (Å²) in [5, 5.41) is 4.44. The first-order valence-electron chi connectivity index (χ1n) is 6.95. The van der Waals surface area contributed by atoms with Crippen molar-refractivity contribution in [2.45, 2.75) is 13.0 Å². The van der Waals surface area contributed by atoms with Gasteiger partial charge in [-0.2, -0.15) is 0 Å². The largest absolute Gasteiger partial charge is 0.493 e. The van der Waals surface area contributed by atoms with Crippen molar-refractivity contribution in [2.24, 2.45) is 5.73 Å². The molecular weight excluding hydrogens is 338 g/mol. The first-order valence-corrected chi connectivity index (χ1v) is 7.74. The number of rotatable bonds is 10. The maximum Gasteiger partial charge on any atom is 0.255 e. The lowest BCUT2D eigenvalue weighted by Gasteiger charge is -2.13. The first kappa shape index (κ1) is 17.7. The summed E-state index contributed by atoms with van der Waals surface area (Å²) in [4.78, 5) is 10.8. The van der Waals surface area contributed by atoms with Crippen molar-refractivity contribution in [1.82, 2.24) is 0 Å². The predicted octanol–water partition coefficient (Wildman–Crippen LogP) is -1.03. The first-order chi connectivity index (χ1) is 10.1. The second-order valence-corrected chi connectivity index (χ2v) is 5.55. The molecule has 6 nitrogen and oxygen atoms in total. The number of primary amides is 1. The molecular formula is C14H24BrN3O3+2. The van der Waals surface area contributed by atoms with Gasteiger partial charge in [0, 0.05) is 12.0 Å². The van der Waals surface area contributed by atoms with E-state index in [0.717, 1.165) is 29.7 Å². The highest BCUT2D eigenvalue weighted by Crippen LogP contribution is 2.36. The summed E-state index contributed by atoms with van der Waals surface area (Å²) in [5.74, 6) is 0.575. The molecule has 0 heterocycles. The molecule has 1 rings (SSSR count). The van der Waals surface area contributed by atoms with Crippen molar-refractivity contribution < 1.29 is 24.9 Å². The van der Waals surface area contributed by atoms with Gasteiger partial charge in [0.05, 0.1) is 31.7 Å². The summed E-state index contributed by atoms with van der Waals surface area (Å²) in [5.41, 5.74) is 6.22. The summed E-state index contributed by atoms with van der Waals surface area (Å²) < 4.78 is 11.4. The molecule has 0 radical (unpaired) electrons. The maximum atomic E-state index is 10.8. The summed E-state index contributed by atoms with van der Waals surface area (Å²) in [6.45, 7) is 2.93. The van der Waals surface area contributed by atoms with Crippen LogP contribution in [-0.4, -0.2) is 39.8 Å². The summed E-state index contributed by atoms with van der Waals surface area (Å²) >= 11 is 3.45. The lowest BCUT2D eigenvalue weighted by molar-refractivity contribution is -0.682. The van der Waals surface area contributed by atoms with Crippen LogP contribution in [0.3, 0.4) is 0 Å². The number of hydrogen-bond acceptors (Lipinski definition) is 3. The smallest absolute Gasteiger partial charge is 0.255 e. The minimum Gasteiger partial charge on any atom is -0.493 e. The van der Waals surface area contributed by atoms with E-state index in [2.05, 4.69) is 33.6 Å². The minimum atomic E-state index is -0.519. The Balaban J connectivity index is 2.67. The van der Waals surface area contributed by atoms with Crippen LogP contribution in [0.25, 0.3) is 0 Å². The average molecular weight is 362 g/mol. The maximum absolute atomic E-state index is 10.8. The van der Waals surface area contributed by atoms with Gasteiger partial charge in [-0.1, -0.05) is 0 Å². The summed E-state index contributed by atoms with van der Waals surface area (Å²) in [7, 11) is 3.65. The predicted molar refractivity (Wildman–Crippen MR) is 83.2 cm³/mol. The van der Waals surface area contributed by atoms with Crippen molar-refractivity contribution in [1.29, 1.82) is 0 Å². The van der Waals surface area contributed by atoms with Crippen LogP contribution in [0.4, 0.5) is 0 Å². The van der Waals surface area contributed by atoms with Gasteiger partial charge in [-0.15, -0.1) is 0 Å². The van der Waals surface area contributed by atoms with Gasteiger partial charge >= 0.3 is 0 Å². The fraction of sp³-hybridized carbons (Fsp3) is 0.500. The molecule has 0 aromatic heterocycles. The average Bonchev–Trinajstić information content (AvgIpc) is 2.45. The second kappa shape index (κ2) is 9.59. The molecule has 0 atom stereocenters. The molecule has 0 aliphatic heterocycles. The highest BCUT2D eigenvalue weighted by Gasteiger charge is 2.13. The number of benzene rings is 1. The number of hydrogen-bond donors (Lipinski definition) is 3. The molecule has 1 aromatic carbocycles. The van der Waals surface area contributed by atoms with Gasteiger partial charge in [-0.3, -0.25) is 4.79 Å². The number of amides is 1. The summed E-state index contributed by atoms with van der Waals surface area (Å²) in [6, 6.07) is 3.89. The Labute approximate surface area is 133 Å². The van der Waals surface area contributed by atoms with Gasteiger partial charge in [0.25, 0.3) is 5.91 Å². The standard InChI is InChI=1S/C14H22BrN3O3/c1-17-4-3-5-18-8-10-6-11(15)14(12(7-10)20-2)21-9-13(16)19/h6-7,17-18H,3-5,8-9H2,1-2H3,(H2,16,19)/p+2. The van der Waals surface area contributed by atoms with Crippen molar-refractivity contribution in [3.63, 3.8) is 0 Å². The molecule has 0 unspecified atom stereocenters. The highest BCUT2D eigenvalue weighted by molar-refractivity contribution is 9.10. The minimum absolute atomic E-state index is 0.173. The van der Waals surface area contributed by atoms with Gasteiger partial charge in [-0.25, -0.2) is 0 Å². The second-order valence-electron chi connectivity index (χ2n) is 4.70. The van der Waals surface area contributed by atoms with E-state index in [9.17, 15) is 4.79 Å². The van der Waals surface area contributed by atoms with E-state index < -0.39 is 5.91 Å². The van der Waals surface area contributed by atoms with Crippen LogP contribution in [0.1, 0.15) is 12.0 Å². The van der Waals surface area contributed by atoms with Crippen LogP contribution in [0.15, 0.2) is 16.6 Å². The molecule has 0 aliphatic carbocycles. The van der Waals surface area contributed by atoms with Gasteiger partial charge in [-0.05, 0) is 28.1 Å². The number of carbonyl (C=O) groups excluding carboxylic acids is 1. The molecule has 0 saturated carbocycles. The Hall–Kier alpha value is -1.31. The van der Waals surface area contributed by atoms with Crippen molar-refractivity contribution in [3.05, 3.63) is 22.2 Å². The third kappa shape index (κ3) is 6.33.